The number of ether oxygens (including phenoxy) is 1. The maximum absolute atomic E-state index is 13.7. The summed E-state index contributed by atoms with van der Waals surface area (Å²) in [7, 11) is 1.32. The molecule has 0 amide bonds. The molecule has 112 valence electrons. The lowest BCUT2D eigenvalue weighted by Gasteiger charge is -2.07. The first-order chi connectivity index (χ1) is 9.99. The third-order valence-corrected chi connectivity index (χ3v) is 4.04. The third kappa shape index (κ3) is 4.21. The average Bonchev–Trinajstić information content (AvgIpc) is 2.88. The molecule has 0 radical (unpaired) electrons. The van der Waals surface area contributed by atoms with E-state index in [4.69, 9.17) is 0 Å². The fourth-order valence-corrected chi connectivity index (χ4v) is 2.84. The lowest BCUT2D eigenvalue weighted by Crippen LogP contribution is -2.02. The van der Waals surface area contributed by atoms with Crippen molar-refractivity contribution in [3.8, 4) is 0 Å². The number of methoxy groups -OCH3 is 1. The second-order valence-corrected chi connectivity index (χ2v) is 5.80. The zero-order valence-electron chi connectivity index (χ0n) is 11.0. The highest BCUT2D eigenvalue weighted by Crippen LogP contribution is 2.31. The maximum Gasteiger partial charge on any atom is 0.305 e. The van der Waals surface area contributed by atoms with Crippen molar-refractivity contribution in [2.75, 3.05) is 12.4 Å². The molecule has 1 N–H and O–H groups in total. The number of nitrogens with zero attached hydrogens (tertiary/aromatic N) is 1. The van der Waals surface area contributed by atoms with Crippen molar-refractivity contribution in [3.63, 3.8) is 0 Å². The summed E-state index contributed by atoms with van der Waals surface area (Å²) in [6, 6.07) is 1.95. The minimum Gasteiger partial charge on any atom is -0.469 e. The van der Waals surface area contributed by atoms with Gasteiger partial charge < -0.3 is 10.1 Å². The Bertz CT molecular complexity index is 640. The van der Waals surface area contributed by atoms with E-state index in [0.717, 1.165) is 12.1 Å². The number of hydrogen-bond donors (Lipinski definition) is 1. The summed E-state index contributed by atoms with van der Waals surface area (Å²) in [5.41, 5.74) is 0.816. The number of carbonyl (C=O) groups is 1. The predicted molar refractivity (Wildman–Crippen MR) is 79.8 cm³/mol. The Morgan fingerprint density at radius 2 is 2.24 bits per heavy atom. The number of halogens is 3. The molecule has 0 atom stereocenters. The van der Waals surface area contributed by atoms with Gasteiger partial charge in [-0.1, -0.05) is 0 Å². The van der Waals surface area contributed by atoms with Crippen LogP contribution in [0.2, 0.25) is 0 Å². The Morgan fingerprint density at radius 3 is 2.90 bits per heavy atom. The zero-order chi connectivity index (χ0) is 15.4. The van der Waals surface area contributed by atoms with Crippen molar-refractivity contribution in [2.45, 2.75) is 12.8 Å². The predicted octanol–water partition coefficient (Wildman–Crippen LogP) is 4.03. The second-order valence-electron chi connectivity index (χ2n) is 4.09. The first-order valence-corrected chi connectivity index (χ1v) is 7.59. The summed E-state index contributed by atoms with van der Waals surface area (Å²) >= 11 is 4.36. The molecule has 0 spiro atoms. The fourth-order valence-electron chi connectivity index (χ4n) is 1.58. The average molecular weight is 377 g/mol. The topological polar surface area (TPSA) is 51.2 Å². The molecule has 0 saturated carbocycles. The molecule has 2 rings (SSSR count). The van der Waals surface area contributed by atoms with E-state index in [2.05, 4.69) is 31.0 Å². The SMILES string of the molecule is COC(=O)CCc1csc(Nc2c(F)cc(F)cc2Br)n1. The molecule has 2 aromatic rings. The van der Waals surface area contributed by atoms with Crippen molar-refractivity contribution in [2.24, 2.45) is 0 Å². The van der Waals surface area contributed by atoms with Crippen molar-refractivity contribution >= 4 is 44.1 Å². The van der Waals surface area contributed by atoms with Crippen LogP contribution >= 0.6 is 27.3 Å². The molecule has 0 saturated heterocycles. The quantitative estimate of drug-likeness (QED) is 0.800. The Kier molecular flexibility index (Phi) is 5.24. The van der Waals surface area contributed by atoms with E-state index < -0.39 is 11.6 Å². The monoisotopic (exact) mass is 376 g/mol. The highest BCUT2D eigenvalue weighted by Gasteiger charge is 2.12. The van der Waals surface area contributed by atoms with Crippen molar-refractivity contribution in [1.82, 2.24) is 4.98 Å². The summed E-state index contributed by atoms with van der Waals surface area (Å²) in [6.07, 6.45) is 0.673. The molecule has 0 aliphatic carbocycles. The van der Waals surface area contributed by atoms with E-state index in [9.17, 15) is 13.6 Å². The van der Waals surface area contributed by atoms with Crippen molar-refractivity contribution in [1.29, 1.82) is 0 Å². The van der Waals surface area contributed by atoms with E-state index in [1.807, 2.05) is 0 Å². The van der Waals surface area contributed by atoms with Gasteiger partial charge in [-0.3, -0.25) is 4.79 Å². The number of benzene rings is 1. The van der Waals surface area contributed by atoms with Gasteiger partial charge in [0, 0.05) is 22.3 Å². The molecule has 8 heteroatoms. The molecule has 0 bridgehead atoms. The van der Waals surface area contributed by atoms with Crippen LogP contribution in [0.4, 0.5) is 19.6 Å². The molecule has 21 heavy (non-hydrogen) atoms. The van der Waals surface area contributed by atoms with Gasteiger partial charge in [-0.25, -0.2) is 13.8 Å². The standard InChI is InChI=1S/C13H11BrF2N2O2S/c1-20-11(19)3-2-8-6-21-13(17-8)18-12-9(14)4-7(15)5-10(12)16/h4-6H,2-3H2,1H3,(H,17,18). The van der Waals surface area contributed by atoms with Crippen LogP contribution in [-0.4, -0.2) is 18.1 Å². The molecule has 1 heterocycles. The Morgan fingerprint density at radius 1 is 1.48 bits per heavy atom. The van der Waals surface area contributed by atoms with Gasteiger partial charge in [0.2, 0.25) is 0 Å². The highest BCUT2D eigenvalue weighted by atomic mass is 79.9. The van der Waals surface area contributed by atoms with Gasteiger partial charge in [0.15, 0.2) is 10.9 Å². The van der Waals surface area contributed by atoms with Gasteiger partial charge in [0.1, 0.15) is 5.82 Å². The van der Waals surface area contributed by atoms with E-state index in [-0.39, 0.29) is 22.6 Å². The Balaban J connectivity index is 2.08. The van der Waals surface area contributed by atoms with Gasteiger partial charge >= 0.3 is 5.97 Å². The molecular formula is C13H11BrF2N2O2S. The summed E-state index contributed by atoms with van der Waals surface area (Å²) in [6.45, 7) is 0. The molecule has 0 unspecified atom stereocenters. The van der Waals surface area contributed by atoms with Crippen LogP contribution < -0.4 is 5.32 Å². The normalized spacial score (nSPS) is 10.5. The van der Waals surface area contributed by atoms with Crippen LogP contribution in [0.3, 0.4) is 0 Å². The number of aromatic nitrogens is 1. The van der Waals surface area contributed by atoms with E-state index in [1.54, 1.807) is 5.38 Å². The summed E-state index contributed by atoms with van der Waals surface area (Å²) in [4.78, 5) is 15.3. The van der Waals surface area contributed by atoms with E-state index in [1.165, 1.54) is 18.4 Å². The smallest absolute Gasteiger partial charge is 0.305 e. The number of carbonyl (C=O) groups excluding carboxylic acids is 1. The number of nitrogens with one attached hydrogen (secondary N) is 1. The molecule has 0 aliphatic rings. The number of esters is 1. The number of anilines is 2. The first-order valence-electron chi connectivity index (χ1n) is 5.92. The lowest BCUT2D eigenvalue weighted by molar-refractivity contribution is -0.140. The minimum atomic E-state index is -0.715. The minimum absolute atomic E-state index is 0.116. The van der Waals surface area contributed by atoms with E-state index in [0.29, 0.717) is 17.2 Å². The van der Waals surface area contributed by atoms with E-state index >= 15 is 0 Å². The molecule has 0 fully saturated rings. The fraction of sp³-hybridized carbons (Fsp3) is 0.231. The van der Waals surface area contributed by atoms with Crippen LogP contribution in [0.1, 0.15) is 12.1 Å². The summed E-state index contributed by atoms with van der Waals surface area (Å²) < 4.78 is 31.5. The maximum atomic E-state index is 13.7. The van der Waals surface area contributed by atoms with Gasteiger partial charge in [-0.05, 0) is 22.0 Å². The number of hydrogen-bond acceptors (Lipinski definition) is 5. The van der Waals surface area contributed by atoms with Gasteiger partial charge in [-0.15, -0.1) is 11.3 Å². The number of aryl methyl sites for hydroxylation is 1. The molecular weight excluding hydrogens is 366 g/mol. The van der Waals surface area contributed by atoms with Crippen molar-refractivity contribution < 1.29 is 18.3 Å². The number of rotatable bonds is 5. The second kappa shape index (κ2) is 6.95. The molecule has 1 aromatic carbocycles. The third-order valence-electron chi connectivity index (χ3n) is 2.60. The number of thiazole rings is 1. The van der Waals surface area contributed by atoms with Crippen LogP contribution in [0.15, 0.2) is 22.0 Å². The Labute approximate surface area is 132 Å². The van der Waals surface area contributed by atoms with Crippen LogP contribution in [0.5, 0.6) is 0 Å². The highest BCUT2D eigenvalue weighted by molar-refractivity contribution is 9.10. The van der Waals surface area contributed by atoms with Crippen molar-refractivity contribution in [3.05, 3.63) is 39.3 Å². The van der Waals surface area contributed by atoms with Gasteiger partial charge in [-0.2, -0.15) is 0 Å². The lowest BCUT2D eigenvalue weighted by atomic mass is 10.2. The van der Waals surface area contributed by atoms with Crippen LogP contribution in [-0.2, 0) is 16.0 Å². The van der Waals surface area contributed by atoms with Crippen LogP contribution in [0.25, 0.3) is 0 Å². The molecule has 4 nitrogen and oxygen atoms in total. The summed E-state index contributed by atoms with van der Waals surface area (Å²) in [5, 5.41) is 5.02. The van der Waals surface area contributed by atoms with Crippen LogP contribution in [0, 0.1) is 11.6 Å². The largest absolute Gasteiger partial charge is 0.469 e. The first kappa shape index (κ1) is 15.8. The molecule has 1 aromatic heterocycles. The Hall–Kier alpha value is -1.54. The molecule has 0 aliphatic heterocycles. The summed E-state index contributed by atoms with van der Waals surface area (Å²) in [5.74, 6) is -1.69. The zero-order valence-corrected chi connectivity index (χ0v) is 13.4. The van der Waals surface area contributed by atoms with Gasteiger partial charge in [0.25, 0.3) is 0 Å². The van der Waals surface area contributed by atoms with Gasteiger partial charge in [0.05, 0.1) is 24.9 Å².